The maximum absolute atomic E-state index is 12.3. The summed E-state index contributed by atoms with van der Waals surface area (Å²) in [5.74, 6) is 0. The largest absolute Gasteiger partial charge is 0.522 e. The molecule has 1 aromatic carbocycles. The predicted octanol–water partition coefficient (Wildman–Crippen LogP) is 5.16. The molecule has 1 aliphatic rings. The molecule has 0 radical (unpaired) electrons. The first-order valence-electron chi connectivity index (χ1n) is 7.07. The van der Waals surface area contributed by atoms with E-state index in [2.05, 4.69) is 25.7 Å². The lowest BCUT2D eigenvalue weighted by molar-refractivity contribution is -0.344. The summed E-state index contributed by atoms with van der Waals surface area (Å²) in [7, 11) is 0. The van der Waals surface area contributed by atoms with Crippen molar-refractivity contribution in [2.75, 3.05) is 18.0 Å². The predicted molar refractivity (Wildman–Crippen MR) is 86.8 cm³/mol. The molecular weight excluding hydrogens is 397 g/mol. The van der Waals surface area contributed by atoms with Crippen LogP contribution in [-0.2, 0) is 4.74 Å². The number of ether oxygens (including phenoxy) is 1. The molecule has 2 heterocycles. The van der Waals surface area contributed by atoms with Gasteiger partial charge in [0.1, 0.15) is 0 Å². The Morgan fingerprint density at radius 3 is 2.61 bits per heavy atom. The Hall–Kier alpha value is -1.05. The maximum Gasteiger partial charge on any atom is 0.522 e. The molecule has 0 N–H and O–H groups in total. The number of fused-ring (bicyclic) bond motifs is 1. The smallest absolute Gasteiger partial charge is 0.369 e. The van der Waals surface area contributed by atoms with Crippen molar-refractivity contribution in [3.63, 3.8) is 0 Å². The molecule has 23 heavy (non-hydrogen) atoms. The Morgan fingerprint density at radius 1 is 1.26 bits per heavy atom. The Bertz CT molecular complexity index is 718. The summed E-state index contributed by atoms with van der Waals surface area (Å²) in [6, 6.07) is 5.41. The van der Waals surface area contributed by atoms with Crippen LogP contribution in [0.5, 0.6) is 0 Å². The van der Waals surface area contributed by atoms with Gasteiger partial charge >= 0.3 is 6.36 Å². The highest BCUT2D eigenvalue weighted by Crippen LogP contribution is 2.35. The third-order valence-electron chi connectivity index (χ3n) is 3.83. The number of piperidine rings is 1. The summed E-state index contributed by atoms with van der Waals surface area (Å²) in [4.78, 5) is 6.40. The number of nitrogens with zero attached hydrogens (tertiary/aromatic N) is 2. The summed E-state index contributed by atoms with van der Waals surface area (Å²) >= 11 is 9.59. The van der Waals surface area contributed by atoms with Crippen LogP contribution in [0.4, 0.5) is 18.9 Å². The van der Waals surface area contributed by atoms with Gasteiger partial charge in [-0.3, -0.25) is 9.72 Å². The SMILES string of the molecule is FC(F)(F)OC1CCN(c2cnc3ccc(Cl)cc3c2Br)CC1. The van der Waals surface area contributed by atoms with E-state index in [-0.39, 0.29) is 0 Å². The first-order chi connectivity index (χ1) is 10.8. The van der Waals surface area contributed by atoms with Gasteiger partial charge in [-0.2, -0.15) is 0 Å². The number of hydrogen-bond donors (Lipinski definition) is 0. The van der Waals surface area contributed by atoms with E-state index in [0.29, 0.717) is 31.0 Å². The molecule has 1 saturated heterocycles. The molecule has 0 aliphatic carbocycles. The molecule has 1 aromatic heterocycles. The molecule has 8 heteroatoms. The normalized spacial score (nSPS) is 17.0. The van der Waals surface area contributed by atoms with Crippen LogP contribution in [-0.4, -0.2) is 30.5 Å². The molecule has 0 bridgehead atoms. The van der Waals surface area contributed by atoms with E-state index < -0.39 is 12.5 Å². The van der Waals surface area contributed by atoms with Crippen LogP contribution >= 0.6 is 27.5 Å². The first kappa shape index (κ1) is 16.8. The van der Waals surface area contributed by atoms with Gasteiger partial charge in [-0.15, -0.1) is 13.2 Å². The van der Waals surface area contributed by atoms with Gasteiger partial charge in [0.15, 0.2) is 0 Å². The molecule has 124 valence electrons. The van der Waals surface area contributed by atoms with Crippen molar-refractivity contribution < 1.29 is 17.9 Å². The quantitative estimate of drug-likeness (QED) is 0.685. The Kier molecular flexibility index (Phi) is 4.71. The fourth-order valence-electron chi connectivity index (χ4n) is 2.75. The number of anilines is 1. The van der Waals surface area contributed by atoms with Gasteiger partial charge in [0.25, 0.3) is 0 Å². The van der Waals surface area contributed by atoms with Gasteiger partial charge in [-0.05, 0) is 47.0 Å². The van der Waals surface area contributed by atoms with Crippen molar-refractivity contribution in [3.05, 3.63) is 33.9 Å². The van der Waals surface area contributed by atoms with Crippen LogP contribution in [0.1, 0.15) is 12.8 Å². The van der Waals surface area contributed by atoms with Crippen molar-refractivity contribution in [3.8, 4) is 0 Å². The molecule has 1 fully saturated rings. The van der Waals surface area contributed by atoms with Crippen LogP contribution < -0.4 is 4.90 Å². The van der Waals surface area contributed by atoms with Crippen molar-refractivity contribution in [2.45, 2.75) is 25.3 Å². The third-order valence-corrected chi connectivity index (χ3v) is 4.90. The van der Waals surface area contributed by atoms with Crippen LogP contribution in [0, 0.1) is 0 Å². The van der Waals surface area contributed by atoms with Crippen molar-refractivity contribution in [1.82, 2.24) is 4.98 Å². The second kappa shape index (κ2) is 6.45. The maximum atomic E-state index is 12.3. The van der Waals surface area contributed by atoms with Gasteiger partial charge in [0.05, 0.1) is 28.0 Å². The molecular formula is C15H13BrClF3N2O. The molecule has 0 unspecified atom stereocenters. The van der Waals surface area contributed by atoms with E-state index in [1.807, 2.05) is 17.0 Å². The highest BCUT2D eigenvalue weighted by molar-refractivity contribution is 9.10. The Balaban J connectivity index is 1.78. The lowest BCUT2D eigenvalue weighted by atomic mass is 10.1. The van der Waals surface area contributed by atoms with Crippen molar-refractivity contribution in [1.29, 1.82) is 0 Å². The zero-order chi connectivity index (χ0) is 16.6. The zero-order valence-electron chi connectivity index (χ0n) is 11.9. The highest BCUT2D eigenvalue weighted by Gasteiger charge is 2.35. The summed E-state index contributed by atoms with van der Waals surface area (Å²) < 4.78 is 41.8. The highest BCUT2D eigenvalue weighted by atomic mass is 79.9. The standard InChI is InChI=1S/C15H13BrClF3N2O/c16-14-11-7-9(17)1-2-12(11)21-8-13(14)22-5-3-10(4-6-22)23-15(18,19)20/h1-2,7-8,10H,3-6H2. The summed E-state index contributed by atoms with van der Waals surface area (Å²) in [6.45, 7) is 0.959. The molecule has 0 atom stereocenters. The average molecular weight is 410 g/mol. The van der Waals surface area contributed by atoms with Gasteiger partial charge in [-0.25, -0.2) is 0 Å². The van der Waals surface area contributed by atoms with Crippen LogP contribution in [0.3, 0.4) is 0 Å². The average Bonchev–Trinajstić information content (AvgIpc) is 2.48. The molecule has 3 rings (SSSR count). The fraction of sp³-hybridized carbons (Fsp3) is 0.400. The number of aromatic nitrogens is 1. The van der Waals surface area contributed by atoms with Crippen molar-refractivity contribution >= 4 is 44.1 Å². The van der Waals surface area contributed by atoms with E-state index in [9.17, 15) is 13.2 Å². The van der Waals surface area contributed by atoms with Gasteiger partial charge in [-0.1, -0.05) is 11.6 Å². The zero-order valence-corrected chi connectivity index (χ0v) is 14.2. The summed E-state index contributed by atoms with van der Waals surface area (Å²) in [5.41, 5.74) is 1.66. The van der Waals surface area contributed by atoms with E-state index in [1.54, 1.807) is 12.3 Å². The number of pyridine rings is 1. The van der Waals surface area contributed by atoms with Gasteiger partial charge < -0.3 is 4.90 Å². The molecule has 2 aromatic rings. The van der Waals surface area contributed by atoms with E-state index >= 15 is 0 Å². The fourth-order valence-corrected chi connectivity index (χ4v) is 3.59. The molecule has 0 amide bonds. The van der Waals surface area contributed by atoms with Crippen LogP contribution in [0.25, 0.3) is 10.9 Å². The van der Waals surface area contributed by atoms with Crippen molar-refractivity contribution in [2.24, 2.45) is 0 Å². The van der Waals surface area contributed by atoms with Crippen LogP contribution in [0.2, 0.25) is 5.02 Å². The monoisotopic (exact) mass is 408 g/mol. The first-order valence-corrected chi connectivity index (χ1v) is 8.24. The second-order valence-electron chi connectivity index (χ2n) is 5.37. The minimum atomic E-state index is -4.57. The Morgan fingerprint density at radius 2 is 1.96 bits per heavy atom. The summed E-state index contributed by atoms with van der Waals surface area (Å²) in [5, 5.41) is 1.48. The molecule has 3 nitrogen and oxygen atoms in total. The van der Waals surface area contributed by atoms with E-state index in [1.165, 1.54) is 0 Å². The minimum Gasteiger partial charge on any atom is -0.369 e. The number of benzene rings is 1. The number of alkyl halides is 3. The minimum absolute atomic E-state index is 0.319. The molecule has 1 aliphatic heterocycles. The van der Waals surface area contributed by atoms with Gasteiger partial charge in [0.2, 0.25) is 0 Å². The van der Waals surface area contributed by atoms with E-state index in [0.717, 1.165) is 21.1 Å². The van der Waals surface area contributed by atoms with E-state index in [4.69, 9.17) is 11.6 Å². The number of hydrogen-bond acceptors (Lipinski definition) is 3. The van der Waals surface area contributed by atoms with Crippen LogP contribution in [0.15, 0.2) is 28.9 Å². The molecule has 0 spiro atoms. The molecule has 0 saturated carbocycles. The lowest BCUT2D eigenvalue weighted by Gasteiger charge is -2.34. The number of halogens is 5. The number of rotatable bonds is 2. The summed E-state index contributed by atoms with van der Waals surface area (Å²) in [6.07, 6.45) is -2.99. The Labute approximate surface area is 144 Å². The topological polar surface area (TPSA) is 25.4 Å². The van der Waals surface area contributed by atoms with Gasteiger partial charge in [0, 0.05) is 23.5 Å². The second-order valence-corrected chi connectivity index (χ2v) is 6.60. The lowest BCUT2D eigenvalue weighted by Crippen LogP contribution is -2.39. The third kappa shape index (κ3) is 3.89.